The van der Waals surface area contributed by atoms with Crippen LogP contribution in [0.3, 0.4) is 0 Å². The number of carbonyl (C=O) groups excluding carboxylic acids is 1. The van der Waals surface area contributed by atoms with E-state index in [0.29, 0.717) is 17.1 Å². The second-order valence-electron chi connectivity index (χ2n) is 6.35. The molecule has 0 aliphatic rings. The zero-order valence-electron chi connectivity index (χ0n) is 16.0. The van der Waals surface area contributed by atoms with Crippen LogP contribution in [0.5, 0.6) is 11.5 Å². The number of benzene rings is 3. The van der Waals surface area contributed by atoms with Gasteiger partial charge in [0.05, 0.1) is 14.2 Å². The van der Waals surface area contributed by atoms with Crippen molar-refractivity contribution in [3.63, 3.8) is 0 Å². The van der Waals surface area contributed by atoms with E-state index in [1.54, 1.807) is 26.4 Å². The molecule has 0 heterocycles. The van der Waals surface area contributed by atoms with Crippen LogP contribution in [-0.2, 0) is 0 Å². The van der Waals surface area contributed by atoms with Crippen LogP contribution in [0.15, 0.2) is 66.7 Å². The summed E-state index contributed by atoms with van der Waals surface area (Å²) < 4.78 is 11.0. The monoisotopic (exact) mass is 378 g/mol. The Morgan fingerprint density at radius 2 is 1.11 bits per heavy atom. The minimum absolute atomic E-state index is 0.0204. The van der Waals surface area contributed by atoms with Gasteiger partial charge < -0.3 is 9.47 Å². The zero-order chi connectivity index (χ0) is 19.4. The molecule has 0 fully saturated rings. The average Bonchev–Trinajstić information content (AvgIpc) is 2.70. The Morgan fingerprint density at radius 3 is 1.48 bits per heavy atom. The molecule has 0 saturated carbocycles. The standard InChI is InChI=1S/C23H23O3P/c1-16-8-12-18(13-9-16)27(19-14-10-17(2)11-15-19)23(24)22-20(25-3)6-5-7-21(22)26-4/h5-15H,1-4H3. The van der Waals surface area contributed by atoms with E-state index in [4.69, 9.17) is 9.47 Å². The van der Waals surface area contributed by atoms with E-state index in [0.717, 1.165) is 10.6 Å². The molecule has 0 amide bonds. The fraction of sp³-hybridized carbons (Fsp3) is 0.174. The van der Waals surface area contributed by atoms with Gasteiger partial charge in [-0.2, -0.15) is 0 Å². The van der Waals surface area contributed by atoms with Gasteiger partial charge in [0.2, 0.25) is 5.52 Å². The molecular weight excluding hydrogens is 355 g/mol. The molecule has 0 aliphatic heterocycles. The number of ether oxygens (including phenoxy) is 2. The summed E-state index contributed by atoms with van der Waals surface area (Å²) in [6.45, 7) is 4.09. The van der Waals surface area contributed by atoms with E-state index in [1.807, 2.05) is 68.4 Å². The van der Waals surface area contributed by atoms with Crippen molar-refractivity contribution in [2.45, 2.75) is 13.8 Å². The lowest BCUT2D eigenvalue weighted by atomic mass is 10.2. The van der Waals surface area contributed by atoms with Crippen LogP contribution in [-0.4, -0.2) is 19.7 Å². The fourth-order valence-corrected chi connectivity index (χ4v) is 5.05. The van der Waals surface area contributed by atoms with Gasteiger partial charge in [-0.25, -0.2) is 0 Å². The highest BCUT2D eigenvalue weighted by Crippen LogP contribution is 2.43. The molecular formula is C23H23O3P. The summed E-state index contributed by atoms with van der Waals surface area (Å²) in [6.07, 6.45) is 0. The molecule has 0 unspecified atom stereocenters. The Kier molecular flexibility index (Phi) is 5.93. The van der Waals surface area contributed by atoms with Crippen LogP contribution < -0.4 is 20.1 Å². The fourth-order valence-electron chi connectivity index (χ4n) is 2.95. The Bertz CT molecular complexity index is 863. The molecule has 0 saturated heterocycles. The van der Waals surface area contributed by atoms with Crippen molar-refractivity contribution in [3.8, 4) is 11.5 Å². The predicted octanol–water partition coefficient (Wildman–Crippen LogP) is 4.59. The molecule has 27 heavy (non-hydrogen) atoms. The van der Waals surface area contributed by atoms with Crippen molar-refractivity contribution in [2.24, 2.45) is 0 Å². The molecule has 4 heteroatoms. The lowest BCUT2D eigenvalue weighted by molar-refractivity contribution is 0.107. The molecule has 0 aliphatic carbocycles. The number of methoxy groups -OCH3 is 2. The summed E-state index contributed by atoms with van der Waals surface area (Å²) in [5.74, 6) is 1.07. The summed E-state index contributed by atoms with van der Waals surface area (Å²) in [5.41, 5.74) is 2.85. The van der Waals surface area contributed by atoms with Crippen LogP contribution >= 0.6 is 7.92 Å². The minimum Gasteiger partial charge on any atom is -0.496 e. The Morgan fingerprint density at radius 1 is 0.704 bits per heavy atom. The number of hydrogen-bond donors (Lipinski definition) is 0. The largest absolute Gasteiger partial charge is 0.496 e. The SMILES string of the molecule is COc1cccc(OC)c1C(=O)P(c1ccc(C)cc1)c1ccc(C)cc1. The van der Waals surface area contributed by atoms with Crippen LogP contribution in [0.2, 0.25) is 0 Å². The average molecular weight is 378 g/mol. The van der Waals surface area contributed by atoms with E-state index < -0.39 is 7.92 Å². The molecule has 0 radical (unpaired) electrons. The van der Waals surface area contributed by atoms with Crippen molar-refractivity contribution in [1.82, 2.24) is 0 Å². The first-order valence-corrected chi connectivity index (χ1v) is 10.1. The first-order valence-electron chi connectivity index (χ1n) is 8.74. The molecule has 0 bridgehead atoms. The Balaban J connectivity index is 2.18. The minimum atomic E-state index is -1.26. The highest BCUT2D eigenvalue weighted by molar-refractivity contribution is 7.88. The summed E-state index contributed by atoms with van der Waals surface area (Å²) >= 11 is 0. The lowest BCUT2D eigenvalue weighted by Crippen LogP contribution is -2.19. The number of aryl methyl sites for hydroxylation is 2. The summed E-state index contributed by atoms with van der Waals surface area (Å²) in [4.78, 5) is 13.7. The van der Waals surface area contributed by atoms with Gasteiger partial charge in [-0.1, -0.05) is 65.7 Å². The van der Waals surface area contributed by atoms with E-state index in [1.165, 1.54) is 11.1 Å². The van der Waals surface area contributed by atoms with Crippen molar-refractivity contribution < 1.29 is 14.3 Å². The van der Waals surface area contributed by atoms with Gasteiger partial charge in [0.1, 0.15) is 17.1 Å². The maximum Gasteiger partial charge on any atom is 0.200 e. The van der Waals surface area contributed by atoms with E-state index in [2.05, 4.69) is 0 Å². The first-order chi connectivity index (χ1) is 13.0. The number of carbonyl (C=O) groups is 1. The van der Waals surface area contributed by atoms with E-state index in [-0.39, 0.29) is 5.52 Å². The highest BCUT2D eigenvalue weighted by Gasteiger charge is 2.29. The zero-order valence-corrected chi connectivity index (χ0v) is 16.9. The molecule has 0 N–H and O–H groups in total. The molecule has 3 aromatic carbocycles. The molecule has 3 rings (SSSR count). The number of hydrogen-bond acceptors (Lipinski definition) is 3. The Labute approximate surface area is 161 Å². The maximum atomic E-state index is 13.7. The molecule has 0 atom stereocenters. The van der Waals surface area contributed by atoms with E-state index in [9.17, 15) is 4.79 Å². The van der Waals surface area contributed by atoms with Crippen LogP contribution in [0.4, 0.5) is 0 Å². The normalized spacial score (nSPS) is 10.7. The summed E-state index contributed by atoms with van der Waals surface area (Å²) in [7, 11) is 1.89. The van der Waals surface area contributed by atoms with Gasteiger partial charge in [0, 0.05) is 7.92 Å². The van der Waals surface area contributed by atoms with Crippen LogP contribution in [0, 0.1) is 13.8 Å². The molecule has 0 spiro atoms. The van der Waals surface area contributed by atoms with Crippen LogP contribution in [0.25, 0.3) is 0 Å². The smallest absolute Gasteiger partial charge is 0.200 e. The van der Waals surface area contributed by atoms with E-state index >= 15 is 0 Å². The second-order valence-corrected chi connectivity index (χ2v) is 8.46. The van der Waals surface area contributed by atoms with Gasteiger partial charge in [0.25, 0.3) is 0 Å². The number of rotatable bonds is 6. The third kappa shape index (κ3) is 4.04. The predicted molar refractivity (Wildman–Crippen MR) is 112 cm³/mol. The summed E-state index contributed by atoms with van der Waals surface area (Å²) in [6, 6.07) is 21.8. The maximum absolute atomic E-state index is 13.7. The van der Waals surface area contributed by atoms with Gasteiger partial charge in [0.15, 0.2) is 0 Å². The molecule has 0 aromatic heterocycles. The molecule has 3 nitrogen and oxygen atoms in total. The third-order valence-corrected chi connectivity index (χ3v) is 6.69. The highest BCUT2D eigenvalue weighted by atomic mass is 31.1. The van der Waals surface area contributed by atoms with Crippen molar-refractivity contribution >= 4 is 24.1 Å². The van der Waals surface area contributed by atoms with Gasteiger partial charge >= 0.3 is 0 Å². The van der Waals surface area contributed by atoms with Crippen LogP contribution in [0.1, 0.15) is 21.5 Å². The first kappa shape index (κ1) is 19.1. The second kappa shape index (κ2) is 8.37. The van der Waals surface area contributed by atoms with Crippen molar-refractivity contribution in [2.75, 3.05) is 14.2 Å². The lowest BCUT2D eigenvalue weighted by Gasteiger charge is -2.20. The van der Waals surface area contributed by atoms with Gasteiger partial charge in [-0.3, -0.25) is 4.79 Å². The summed E-state index contributed by atoms with van der Waals surface area (Å²) in [5, 5.41) is 2.02. The Hall–Kier alpha value is -2.64. The van der Waals surface area contributed by atoms with Crippen molar-refractivity contribution in [3.05, 3.63) is 83.4 Å². The molecule has 3 aromatic rings. The van der Waals surface area contributed by atoms with Gasteiger partial charge in [-0.15, -0.1) is 0 Å². The third-order valence-electron chi connectivity index (χ3n) is 4.43. The molecule has 138 valence electrons. The van der Waals surface area contributed by atoms with Crippen molar-refractivity contribution in [1.29, 1.82) is 0 Å². The topological polar surface area (TPSA) is 35.5 Å². The quantitative estimate of drug-likeness (QED) is 0.589. The van der Waals surface area contributed by atoms with Gasteiger partial charge in [-0.05, 0) is 36.6 Å².